The molecule has 0 saturated heterocycles. The van der Waals surface area contributed by atoms with E-state index >= 15 is 0 Å². The van der Waals surface area contributed by atoms with E-state index < -0.39 is 5.97 Å². The SMILES string of the molecule is CCOC(=O)c1c(C)nc(SC)nc1OC1CCCCCC1. The number of ether oxygens (including phenoxy) is 2. The molecule has 1 fully saturated rings. The van der Waals surface area contributed by atoms with Gasteiger partial charge in [0.2, 0.25) is 5.88 Å². The van der Waals surface area contributed by atoms with Crippen molar-refractivity contribution in [2.75, 3.05) is 12.9 Å². The van der Waals surface area contributed by atoms with Crippen LogP contribution in [-0.4, -0.2) is 34.9 Å². The van der Waals surface area contributed by atoms with E-state index in [0.29, 0.717) is 28.9 Å². The van der Waals surface area contributed by atoms with Crippen LogP contribution in [0.15, 0.2) is 5.16 Å². The van der Waals surface area contributed by atoms with Crippen LogP contribution < -0.4 is 4.74 Å². The van der Waals surface area contributed by atoms with Gasteiger partial charge in [0, 0.05) is 0 Å². The van der Waals surface area contributed by atoms with E-state index in [0.717, 1.165) is 12.8 Å². The molecule has 0 N–H and O–H groups in total. The minimum Gasteiger partial charge on any atom is -0.474 e. The van der Waals surface area contributed by atoms with Crippen LogP contribution in [0.2, 0.25) is 0 Å². The van der Waals surface area contributed by atoms with Crippen LogP contribution in [0.4, 0.5) is 0 Å². The second-order valence-corrected chi connectivity index (χ2v) is 6.20. The fraction of sp³-hybridized carbons (Fsp3) is 0.688. The lowest BCUT2D eigenvalue weighted by molar-refractivity contribution is 0.0514. The molecule has 1 aliphatic carbocycles. The molecule has 1 aliphatic rings. The Morgan fingerprint density at radius 2 is 1.91 bits per heavy atom. The highest BCUT2D eigenvalue weighted by Gasteiger charge is 2.24. The minimum atomic E-state index is -0.406. The average molecular weight is 324 g/mol. The maximum Gasteiger partial charge on any atom is 0.345 e. The van der Waals surface area contributed by atoms with Gasteiger partial charge in [-0.3, -0.25) is 0 Å². The topological polar surface area (TPSA) is 61.3 Å². The molecular formula is C16H24N2O3S. The molecule has 0 bridgehead atoms. The lowest BCUT2D eigenvalue weighted by Gasteiger charge is -2.19. The number of carbonyl (C=O) groups is 1. The third-order valence-corrected chi connectivity index (χ3v) is 4.33. The van der Waals surface area contributed by atoms with Crippen molar-refractivity contribution in [1.29, 1.82) is 0 Å². The van der Waals surface area contributed by atoms with Crippen molar-refractivity contribution in [3.8, 4) is 5.88 Å². The van der Waals surface area contributed by atoms with E-state index in [1.807, 2.05) is 6.26 Å². The molecule has 6 heteroatoms. The summed E-state index contributed by atoms with van der Waals surface area (Å²) >= 11 is 1.44. The Morgan fingerprint density at radius 1 is 1.23 bits per heavy atom. The highest BCUT2D eigenvalue weighted by Crippen LogP contribution is 2.27. The van der Waals surface area contributed by atoms with Crippen molar-refractivity contribution in [3.05, 3.63) is 11.3 Å². The van der Waals surface area contributed by atoms with Gasteiger partial charge in [-0.1, -0.05) is 24.6 Å². The van der Waals surface area contributed by atoms with E-state index in [4.69, 9.17) is 9.47 Å². The highest BCUT2D eigenvalue weighted by atomic mass is 32.2. The molecule has 1 saturated carbocycles. The lowest BCUT2D eigenvalue weighted by Crippen LogP contribution is -2.20. The van der Waals surface area contributed by atoms with E-state index in [-0.39, 0.29) is 6.10 Å². The van der Waals surface area contributed by atoms with Crippen LogP contribution >= 0.6 is 11.8 Å². The second-order valence-electron chi connectivity index (χ2n) is 5.43. The number of thioether (sulfide) groups is 1. The van der Waals surface area contributed by atoms with Crippen molar-refractivity contribution in [1.82, 2.24) is 9.97 Å². The number of hydrogen-bond donors (Lipinski definition) is 0. The summed E-state index contributed by atoms with van der Waals surface area (Å²) in [4.78, 5) is 21.0. The fourth-order valence-electron chi connectivity index (χ4n) is 2.65. The number of rotatable bonds is 5. The smallest absolute Gasteiger partial charge is 0.345 e. The molecule has 122 valence electrons. The first-order valence-electron chi connectivity index (χ1n) is 7.92. The maximum absolute atomic E-state index is 12.2. The summed E-state index contributed by atoms with van der Waals surface area (Å²) in [5.74, 6) is -0.0292. The molecule has 2 rings (SSSR count). The first-order valence-corrected chi connectivity index (χ1v) is 9.14. The van der Waals surface area contributed by atoms with Gasteiger partial charge in [0.25, 0.3) is 0 Å². The summed E-state index contributed by atoms with van der Waals surface area (Å²) in [6.45, 7) is 3.91. The van der Waals surface area contributed by atoms with Gasteiger partial charge >= 0.3 is 5.97 Å². The molecule has 1 aromatic heterocycles. The van der Waals surface area contributed by atoms with Crippen molar-refractivity contribution in [2.24, 2.45) is 0 Å². The van der Waals surface area contributed by atoms with E-state index in [9.17, 15) is 4.79 Å². The number of nitrogens with zero attached hydrogens (tertiary/aromatic N) is 2. The molecule has 0 aromatic carbocycles. The van der Waals surface area contributed by atoms with Crippen molar-refractivity contribution in [3.63, 3.8) is 0 Å². The van der Waals surface area contributed by atoms with Crippen LogP contribution in [0.5, 0.6) is 5.88 Å². The Bertz CT molecular complexity index is 514. The molecule has 0 spiro atoms. The summed E-state index contributed by atoms with van der Waals surface area (Å²) in [7, 11) is 0. The summed E-state index contributed by atoms with van der Waals surface area (Å²) in [6, 6.07) is 0. The first kappa shape index (κ1) is 17.1. The third-order valence-electron chi connectivity index (χ3n) is 3.78. The van der Waals surface area contributed by atoms with Crippen LogP contribution in [0.1, 0.15) is 61.5 Å². The lowest BCUT2D eigenvalue weighted by atomic mass is 10.1. The summed E-state index contributed by atoms with van der Waals surface area (Å²) in [6.07, 6.45) is 8.90. The molecule has 0 radical (unpaired) electrons. The van der Waals surface area contributed by atoms with Crippen molar-refractivity contribution < 1.29 is 14.3 Å². The maximum atomic E-state index is 12.2. The molecule has 0 atom stereocenters. The molecular weight excluding hydrogens is 300 g/mol. The average Bonchev–Trinajstić information content (AvgIpc) is 2.75. The van der Waals surface area contributed by atoms with Gasteiger partial charge in [-0.25, -0.2) is 9.78 Å². The summed E-state index contributed by atoms with van der Waals surface area (Å²) in [5, 5.41) is 0.620. The number of aromatic nitrogens is 2. The Balaban J connectivity index is 2.29. The normalized spacial score (nSPS) is 16.1. The van der Waals surface area contributed by atoms with Gasteiger partial charge in [-0.05, 0) is 45.8 Å². The van der Waals surface area contributed by atoms with Gasteiger partial charge in [0.15, 0.2) is 5.16 Å². The van der Waals surface area contributed by atoms with Gasteiger partial charge in [0.1, 0.15) is 11.7 Å². The molecule has 5 nitrogen and oxygen atoms in total. The van der Waals surface area contributed by atoms with Gasteiger partial charge in [-0.2, -0.15) is 4.98 Å². The van der Waals surface area contributed by atoms with E-state index in [1.165, 1.54) is 37.4 Å². The van der Waals surface area contributed by atoms with Crippen LogP contribution in [0.3, 0.4) is 0 Å². The quantitative estimate of drug-likeness (QED) is 0.355. The summed E-state index contributed by atoms with van der Waals surface area (Å²) < 4.78 is 11.2. The monoisotopic (exact) mass is 324 g/mol. The second kappa shape index (κ2) is 8.36. The minimum absolute atomic E-state index is 0.125. The highest BCUT2D eigenvalue weighted by molar-refractivity contribution is 7.98. The Kier molecular flexibility index (Phi) is 6.49. The predicted octanol–water partition coefficient (Wildman–Crippen LogP) is 3.79. The Morgan fingerprint density at radius 3 is 2.50 bits per heavy atom. The number of hydrogen-bond acceptors (Lipinski definition) is 6. The van der Waals surface area contributed by atoms with Crippen molar-refractivity contribution in [2.45, 2.75) is 63.6 Å². The predicted molar refractivity (Wildman–Crippen MR) is 86.6 cm³/mol. The molecule has 0 amide bonds. The zero-order valence-electron chi connectivity index (χ0n) is 13.6. The summed E-state index contributed by atoms with van der Waals surface area (Å²) in [5.41, 5.74) is 0.977. The van der Waals surface area contributed by atoms with Gasteiger partial charge in [0.05, 0.1) is 12.3 Å². The number of esters is 1. The van der Waals surface area contributed by atoms with Crippen LogP contribution in [0.25, 0.3) is 0 Å². The Labute approximate surface area is 136 Å². The van der Waals surface area contributed by atoms with Gasteiger partial charge < -0.3 is 9.47 Å². The number of aryl methyl sites for hydroxylation is 1. The van der Waals surface area contributed by atoms with Crippen molar-refractivity contribution >= 4 is 17.7 Å². The van der Waals surface area contributed by atoms with Gasteiger partial charge in [-0.15, -0.1) is 0 Å². The molecule has 0 unspecified atom stereocenters. The zero-order valence-corrected chi connectivity index (χ0v) is 14.4. The molecule has 0 aliphatic heterocycles. The molecule has 1 aromatic rings. The zero-order chi connectivity index (χ0) is 15.9. The largest absolute Gasteiger partial charge is 0.474 e. The third kappa shape index (κ3) is 4.35. The molecule has 1 heterocycles. The Hall–Kier alpha value is -1.30. The van der Waals surface area contributed by atoms with E-state index in [2.05, 4.69) is 9.97 Å². The van der Waals surface area contributed by atoms with Crippen LogP contribution in [0, 0.1) is 6.92 Å². The van der Waals surface area contributed by atoms with E-state index in [1.54, 1.807) is 13.8 Å². The van der Waals surface area contributed by atoms with Crippen LogP contribution in [-0.2, 0) is 4.74 Å². The number of carbonyl (C=O) groups excluding carboxylic acids is 1. The standard InChI is InChI=1S/C16H24N2O3S/c1-4-20-15(19)13-11(2)17-16(22-3)18-14(13)21-12-9-7-5-6-8-10-12/h12H,4-10H2,1-3H3. The fourth-order valence-corrected chi connectivity index (χ4v) is 3.06. The first-order chi connectivity index (χ1) is 10.7. The molecule has 22 heavy (non-hydrogen) atoms.